The van der Waals surface area contributed by atoms with Crippen molar-refractivity contribution in [2.24, 2.45) is 0 Å². The Morgan fingerprint density at radius 3 is 2.45 bits per heavy atom. The van der Waals surface area contributed by atoms with Gasteiger partial charge in [-0.2, -0.15) is 0 Å². The molecule has 1 aromatic heterocycles. The quantitative estimate of drug-likeness (QED) is 0.540. The first kappa shape index (κ1) is 20.0. The van der Waals surface area contributed by atoms with Crippen LogP contribution in [0.5, 0.6) is 0 Å². The standard InChI is InChI=1S/C24H24FN3O2S/c1-2-3-9-28-23(29)18-5-4-6-19(22(18)24(28)30)26-10-12-27(13-11-26)20-15-31-21-14-16(25)7-8-17(20)21/h4-8,14-15H,2-3,9-13H2,1H3. The second-order valence-electron chi connectivity index (χ2n) is 8.05. The van der Waals surface area contributed by atoms with Crippen molar-refractivity contribution in [3.63, 3.8) is 0 Å². The minimum Gasteiger partial charge on any atom is -0.367 e. The maximum absolute atomic E-state index is 13.5. The summed E-state index contributed by atoms with van der Waals surface area (Å²) in [4.78, 5) is 31.7. The van der Waals surface area contributed by atoms with Crippen molar-refractivity contribution in [1.29, 1.82) is 0 Å². The Balaban J connectivity index is 1.36. The van der Waals surface area contributed by atoms with E-state index in [9.17, 15) is 14.0 Å². The van der Waals surface area contributed by atoms with Gasteiger partial charge >= 0.3 is 0 Å². The molecule has 0 aliphatic carbocycles. The largest absolute Gasteiger partial charge is 0.367 e. The molecular weight excluding hydrogens is 413 g/mol. The van der Waals surface area contributed by atoms with Crippen LogP contribution >= 0.6 is 11.3 Å². The molecule has 2 amide bonds. The van der Waals surface area contributed by atoms with E-state index >= 15 is 0 Å². The fraction of sp³-hybridized carbons (Fsp3) is 0.333. The smallest absolute Gasteiger partial charge is 0.263 e. The highest BCUT2D eigenvalue weighted by Crippen LogP contribution is 2.36. The third kappa shape index (κ3) is 3.37. The van der Waals surface area contributed by atoms with E-state index in [-0.39, 0.29) is 17.6 Å². The van der Waals surface area contributed by atoms with Crippen LogP contribution in [-0.4, -0.2) is 49.4 Å². The summed E-state index contributed by atoms with van der Waals surface area (Å²) >= 11 is 1.56. The van der Waals surface area contributed by atoms with E-state index in [4.69, 9.17) is 0 Å². The minimum atomic E-state index is -0.212. The lowest BCUT2D eigenvalue weighted by molar-refractivity contribution is 0.0652. The van der Waals surface area contributed by atoms with Crippen LogP contribution in [0.1, 0.15) is 40.5 Å². The number of hydrogen-bond acceptors (Lipinski definition) is 5. The molecule has 0 radical (unpaired) electrons. The first-order valence-corrected chi connectivity index (χ1v) is 11.6. The average molecular weight is 438 g/mol. The molecule has 2 aliphatic heterocycles. The maximum Gasteiger partial charge on any atom is 0.263 e. The van der Waals surface area contributed by atoms with Gasteiger partial charge in [0.15, 0.2) is 0 Å². The Morgan fingerprint density at radius 2 is 1.71 bits per heavy atom. The normalized spacial score (nSPS) is 16.5. The Hall–Kier alpha value is -2.93. The number of fused-ring (bicyclic) bond motifs is 2. The number of carbonyl (C=O) groups excluding carboxylic acids is 2. The fourth-order valence-electron chi connectivity index (χ4n) is 4.52. The number of unbranched alkanes of at least 4 members (excludes halogenated alkanes) is 1. The van der Waals surface area contributed by atoms with Gasteiger partial charge in [-0.05, 0) is 36.8 Å². The van der Waals surface area contributed by atoms with E-state index in [1.807, 2.05) is 18.2 Å². The topological polar surface area (TPSA) is 43.9 Å². The summed E-state index contributed by atoms with van der Waals surface area (Å²) in [5.41, 5.74) is 3.06. The van der Waals surface area contributed by atoms with Gasteiger partial charge in [-0.15, -0.1) is 11.3 Å². The number of thiophene rings is 1. The Bertz CT molecular complexity index is 1170. The number of piperazine rings is 1. The minimum absolute atomic E-state index is 0.169. The molecule has 5 rings (SSSR count). The molecular formula is C24H24FN3O2S. The Labute approximate surface area is 184 Å². The van der Waals surface area contributed by atoms with Crippen molar-refractivity contribution in [3.8, 4) is 0 Å². The molecule has 0 saturated carbocycles. The molecule has 0 atom stereocenters. The zero-order valence-corrected chi connectivity index (χ0v) is 18.3. The molecule has 2 aliphatic rings. The lowest BCUT2D eigenvalue weighted by Gasteiger charge is -2.37. The van der Waals surface area contributed by atoms with Crippen molar-refractivity contribution >= 4 is 44.6 Å². The number of halogens is 1. The molecule has 1 fully saturated rings. The van der Waals surface area contributed by atoms with E-state index in [1.165, 1.54) is 11.0 Å². The van der Waals surface area contributed by atoms with E-state index in [1.54, 1.807) is 23.5 Å². The van der Waals surface area contributed by atoms with Crippen molar-refractivity contribution in [1.82, 2.24) is 4.90 Å². The second-order valence-corrected chi connectivity index (χ2v) is 8.96. The highest BCUT2D eigenvalue weighted by molar-refractivity contribution is 7.17. The Kier molecular flexibility index (Phi) is 5.14. The number of anilines is 2. The van der Waals surface area contributed by atoms with Crippen LogP contribution in [0.2, 0.25) is 0 Å². The number of carbonyl (C=O) groups is 2. The molecule has 0 unspecified atom stereocenters. The maximum atomic E-state index is 13.5. The monoisotopic (exact) mass is 437 g/mol. The summed E-state index contributed by atoms with van der Waals surface area (Å²) in [6, 6.07) is 10.5. The predicted molar refractivity (Wildman–Crippen MR) is 123 cm³/mol. The highest BCUT2D eigenvalue weighted by Gasteiger charge is 2.38. The number of amides is 2. The molecule has 1 saturated heterocycles. The second kappa shape index (κ2) is 7.96. The summed E-state index contributed by atoms with van der Waals surface area (Å²) < 4.78 is 14.5. The first-order valence-electron chi connectivity index (χ1n) is 10.7. The predicted octanol–water partition coefficient (Wildman–Crippen LogP) is 4.76. The summed E-state index contributed by atoms with van der Waals surface area (Å²) in [5.74, 6) is -0.556. The molecule has 7 heteroatoms. The van der Waals surface area contributed by atoms with Gasteiger partial charge in [-0.3, -0.25) is 14.5 Å². The average Bonchev–Trinajstić information content (AvgIpc) is 3.31. The molecule has 2 aromatic carbocycles. The summed E-state index contributed by atoms with van der Waals surface area (Å²) in [7, 11) is 0. The first-order chi connectivity index (χ1) is 15.1. The van der Waals surface area contributed by atoms with Crippen LogP contribution in [0.4, 0.5) is 15.8 Å². The van der Waals surface area contributed by atoms with Crippen LogP contribution < -0.4 is 9.80 Å². The van der Waals surface area contributed by atoms with Crippen molar-refractivity contribution in [3.05, 3.63) is 58.7 Å². The van der Waals surface area contributed by atoms with Crippen LogP contribution in [-0.2, 0) is 0 Å². The third-order valence-corrected chi connectivity index (χ3v) is 7.12. The summed E-state index contributed by atoms with van der Waals surface area (Å²) in [6.45, 7) is 5.64. The van der Waals surface area contributed by atoms with E-state index in [0.29, 0.717) is 17.7 Å². The van der Waals surface area contributed by atoms with Gasteiger partial charge in [0.05, 0.1) is 22.5 Å². The number of benzene rings is 2. The molecule has 0 N–H and O–H groups in total. The SMILES string of the molecule is CCCCN1C(=O)c2cccc(N3CCN(c4csc5cc(F)ccc45)CC3)c2C1=O. The molecule has 3 heterocycles. The number of hydrogen-bond donors (Lipinski definition) is 0. The zero-order valence-electron chi connectivity index (χ0n) is 17.4. The van der Waals surface area contributed by atoms with Gasteiger partial charge < -0.3 is 9.80 Å². The van der Waals surface area contributed by atoms with Crippen LogP contribution in [0.25, 0.3) is 10.1 Å². The van der Waals surface area contributed by atoms with E-state index < -0.39 is 0 Å². The van der Waals surface area contributed by atoms with Crippen LogP contribution in [0.3, 0.4) is 0 Å². The lowest BCUT2D eigenvalue weighted by Crippen LogP contribution is -2.47. The van der Waals surface area contributed by atoms with Gasteiger partial charge in [0, 0.05) is 48.2 Å². The van der Waals surface area contributed by atoms with Crippen molar-refractivity contribution in [2.75, 3.05) is 42.5 Å². The third-order valence-electron chi connectivity index (χ3n) is 6.19. The van der Waals surface area contributed by atoms with Gasteiger partial charge in [-0.25, -0.2) is 4.39 Å². The van der Waals surface area contributed by atoms with Crippen molar-refractivity contribution < 1.29 is 14.0 Å². The van der Waals surface area contributed by atoms with Gasteiger partial charge in [0.1, 0.15) is 5.82 Å². The Morgan fingerprint density at radius 1 is 0.968 bits per heavy atom. The van der Waals surface area contributed by atoms with Crippen LogP contribution in [0.15, 0.2) is 41.8 Å². The van der Waals surface area contributed by atoms with Gasteiger partial charge in [-0.1, -0.05) is 19.4 Å². The molecule has 31 heavy (non-hydrogen) atoms. The van der Waals surface area contributed by atoms with Crippen LogP contribution in [0, 0.1) is 5.82 Å². The van der Waals surface area contributed by atoms with Gasteiger partial charge in [0.25, 0.3) is 11.8 Å². The van der Waals surface area contributed by atoms with Gasteiger partial charge in [0.2, 0.25) is 0 Å². The number of nitrogens with zero attached hydrogens (tertiary/aromatic N) is 3. The zero-order chi connectivity index (χ0) is 21.5. The van der Waals surface area contributed by atoms with Crippen molar-refractivity contribution in [2.45, 2.75) is 19.8 Å². The lowest BCUT2D eigenvalue weighted by atomic mass is 10.1. The van der Waals surface area contributed by atoms with E-state index in [0.717, 1.165) is 60.5 Å². The summed E-state index contributed by atoms with van der Waals surface area (Å²) in [5, 5.41) is 3.17. The highest BCUT2D eigenvalue weighted by atomic mass is 32.1. The summed E-state index contributed by atoms with van der Waals surface area (Å²) in [6.07, 6.45) is 1.75. The molecule has 160 valence electrons. The molecule has 5 nitrogen and oxygen atoms in total. The van der Waals surface area contributed by atoms with E-state index in [2.05, 4.69) is 22.1 Å². The molecule has 3 aromatic rings. The number of imide groups is 1. The molecule has 0 spiro atoms. The number of rotatable bonds is 5. The fourth-order valence-corrected chi connectivity index (χ4v) is 5.51. The molecule has 0 bridgehead atoms.